The lowest BCUT2D eigenvalue weighted by Crippen LogP contribution is -2.13. The van der Waals surface area contributed by atoms with Crippen molar-refractivity contribution in [3.05, 3.63) is 29.0 Å². The molecule has 2 nitrogen and oxygen atoms in total. The summed E-state index contributed by atoms with van der Waals surface area (Å²) in [4.78, 5) is 5.45. The molecule has 0 amide bonds. The first-order valence-electron chi connectivity index (χ1n) is 4.65. The number of hydrogen-bond acceptors (Lipinski definition) is 2. The predicted molar refractivity (Wildman–Crippen MR) is 56.2 cm³/mol. The summed E-state index contributed by atoms with van der Waals surface area (Å²) >= 11 is 5.07. The van der Waals surface area contributed by atoms with E-state index in [2.05, 4.69) is 6.92 Å². The molecule has 72 valence electrons. The van der Waals surface area contributed by atoms with Crippen LogP contribution in [0.25, 0.3) is 0 Å². The second-order valence-electron chi connectivity index (χ2n) is 2.91. The Morgan fingerprint density at radius 1 is 1.38 bits per heavy atom. The number of unbranched alkanes of at least 4 members (excludes halogenated alkanes) is 2. The first-order chi connectivity index (χ1) is 6.34. The van der Waals surface area contributed by atoms with Gasteiger partial charge in [0.1, 0.15) is 11.2 Å². The van der Waals surface area contributed by atoms with Crippen molar-refractivity contribution in [3.8, 4) is 0 Å². The van der Waals surface area contributed by atoms with Crippen LogP contribution in [0.2, 0.25) is 0 Å². The van der Waals surface area contributed by atoms with Crippen molar-refractivity contribution in [2.24, 2.45) is 0 Å². The maximum Gasteiger partial charge on any atom is 0.142 e. The minimum atomic E-state index is 0.721. The summed E-state index contributed by atoms with van der Waals surface area (Å²) in [6.07, 6.45) is 5.35. The number of hydrogen-bond donors (Lipinski definition) is 0. The van der Waals surface area contributed by atoms with Gasteiger partial charge < -0.3 is 4.84 Å². The van der Waals surface area contributed by atoms with E-state index in [0.29, 0.717) is 0 Å². The Morgan fingerprint density at radius 2 is 2.23 bits per heavy atom. The van der Waals surface area contributed by atoms with E-state index in [4.69, 9.17) is 17.1 Å². The molecule has 0 aliphatic carbocycles. The molecule has 3 heteroatoms. The molecule has 0 aliphatic heterocycles. The summed E-state index contributed by atoms with van der Waals surface area (Å²) in [6, 6.07) is 5.68. The van der Waals surface area contributed by atoms with Gasteiger partial charge in [-0.05, 0) is 18.6 Å². The predicted octanol–water partition coefficient (Wildman–Crippen LogP) is 2.84. The van der Waals surface area contributed by atoms with Gasteiger partial charge in [-0.1, -0.05) is 38.0 Å². The van der Waals surface area contributed by atoms with Gasteiger partial charge in [0.2, 0.25) is 0 Å². The standard InChI is InChI=1S/C10H15NOS/c1-2-3-6-9-12-11-8-5-4-7-10(11)13/h4-5,7-8H,2-3,6,9H2,1H3. The van der Waals surface area contributed by atoms with Crippen LogP contribution in [0.15, 0.2) is 24.4 Å². The average molecular weight is 197 g/mol. The molecule has 1 rings (SSSR count). The van der Waals surface area contributed by atoms with Gasteiger partial charge in [-0.25, -0.2) is 0 Å². The van der Waals surface area contributed by atoms with Gasteiger partial charge >= 0.3 is 0 Å². The van der Waals surface area contributed by atoms with Crippen LogP contribution in [0, 0.1) is 4.64 Å². The smallest absolute Gasteiger partial charge is 0.142 e. The van der Waals surface area contributed by atoms with Gasteiger partial charge in [0.25, 0.3) is 0 Å². The molecular formula is C10H15NOS. The largest absolute Gasteiger partial charge is 0.413 e. The summed E-state index contributed by atoms with van der Waals surface area (Å²) < 4.78 is 2.37. The summed E-state index contributed by atoms with van der Waals surface area (Å²) in [5.74, 6) is 0. The maximum atomic E-state index is 5.45. The summed E-state index contributed by atoms with van der Waals surface area (Å²) in [5, 5.41) is 0. The molecule has 1 aromatic heterocycles. The lowest BCUT2D eigenvalue weighted by molar-refractivity contribution is 0.102. The van der Waals surface area contributed by atoms with E-state index in [9.17, 15) is 0 Å². The van der Waals surface area contributed by atoms with Crippen molar-refractivity contribution in [3.63, 3.8) is 0 Å². The molecule has 0 aromatic carbocycles. The molecule has 0 fully saturated rings. The van der Waals surface area contributed by atoms with Crippen LogP contribution in [0.1, 0.15) is 26.2 Å². The van der Waals surface area contributed by atoms with E-state index < -0.39 is 0 Å². The summed E-state index contributed by atoms with van der Waals surface area (Å²) in [7, 11) is 0. The quantitative estimate of drug-likeness (QED) is 0.532. The van der Waals surface area contributed by atoms with E-state index in [1.54, 1.807) is 4.73 Å². The monoisotopic (exact) mass is 197 g/mol. The van der Waals surface area contributed by atoms with E-state index in [1.807, 2.05) is 24.4 Å². The molecule has 0 N–H and O–H groups in total. The van der Waals surface area contributed by atoms with Gasteiger partial charge in [0.15, 0.2) is 0 Å². The number of aromatic nitrogens is 1. The minimum absolute atomic E-state index is 0.721. The van der Waals surface area contributed by atoms with E-state index >= 15 is 0 Å². The first-order valence-corrected chi connectivity index (χ1v) is 5.06. The number of rotatable bonds is 5. The number of pyridine rings is 1. The topological polar surface area (TPSA) is 14.2 Å². The Labute approximate surface area is 84.1 Å². The fourth-order valence-corrected chi connectivity index (χ4v) is 1.23. The van der Waals surface area contributed by atoms with Crippen LogP contribution in [0.5, 0.6) is 0 Å². The lowest BCUT2D eigenvalue weighted by Gasteiger charge is -2.07. The second kappa shape index (κ2) is 5.75. The minimum Gasteiger partial charge on any atom is -0.413 e. The van der Waals surface area contributed by atoms with Crippen LogP contribution < -0.4 is 4.84 Å². The van der Waals surface area contributed by atoms with Gasteiger partial charge in [-0.3, -0.25) is 0 Å². The SMILES string of the molecule is CCCCCOn1ccccc1=S. The molecule has 0 saturated carbocycles. The van der Waals surface area contributed by atoms with Gasteiger partial charge in [0, 0.05) is 6.20 Å². The highest BCUT2D eigenvalue weighted by Gasteiger charge is 1.90. The molecule has 1 aromatic rings. The van der Waals surface area contributed by atoms with Crippen molar-refractivity contribution in [2.45, 2.75) is 26.2 Å². The molecule has 0 atom stereocenters. The Balaban J connectivity index is 2.37. The lowest BCUT2D eigenvalue weighted by atomic mass is 10.3. The molecule has 0 bridgehead atoms. The van der Waals surface area contributed by atoms with Crippen LogP contribution in [0.4, 0.5) is 0 Å². The van der Waals surface area contributed by atoms with Crippen LogP contribution >= 0.6 is 12.2 Å². The van der Waals surface area contributed by atoms with Crippen LogP contribution in [-0.2, 0) is 0 Å². The Morgan fingerprint density at radius 3 is 2.92 bits per heavy atom. The Kier molecular flexibility index (Phi) is 4.54. The Bertz CT molecular complexity index is 295. The van der Waals surface area contributed by atoms with E-state index in [-0.39, 0.29) is 0 Å². The third-order valence-electron chi connectivity index (χ3n) is 1.77. The van der Waals surface area contributed by atoms with E-state index in [0.717, 1.165) is 17.7 Å². The van der Waals surface area contributed by atoms with Crippen molar-refractivity contribution in [1.29, 1.82) is 0 Å². The van der Waals surface area contributed by atoms with Crippen molar-refractivity contribution < 1.29 is 4.84 Å². The molecular weight excluding hydrogens is 182 g/mol. The normalized spacial score (nSPS) is 9.92. The first kappa shape index (κ1) is 10.3. The molecule has 0 radical (unpaired) electrons. The Hall–Kier alpha value is -0.830. The van der Waals surface area contributed by atoms with Gasteiger partial charge in [-0.2, -0.15) is 4.73 Å². The maximum absolute atomic E-state index is 5.45. The highest BCUT2D eigenvalue weighted by molar-refractivity contribution is 7.71. The molecule has 13 heavy (non-hydrogen) atoms. The van der Waals surface area contributed by atoms with Crippen LogP contribution in [0.3, 0.4) is 0 Å². The summed E-state index contributed by atoms with van der Waals surface area (Å²) in [5.41, 5.74) is 0. The zero-order valence-corrected chi connectivity index (χ0v) is 8.72. The highest BCUT2D eigenvalue weighted by atomic mass is 32.1. The zero-order chi connectivity index (χ0) is 9.52. The molecule has 0 unspecified atom stereocenters. The zero-order valence-electron chi connectivity index (χ0n) is 7.90. The third-order valence-corrected chi connectivity index (χ3v) is 2.08. The van der Waals surface area contributed by atoms with Crippen molar-refractivity contribution in [2.75, 3.05) is 6.61 Å². The van der Waals surface area contributed by atoms with E-state index in [1.165, 1.54) is 12.8 Å². The molecule has 0 aliphatic rings. The van der Waals surface area contributed by atoms with Crippen molar-refractivity contribution in [1.82, 2.24) is 4.73 Å². The molecule has 0 saturated heterocycles. The second-order valence-corrected chi connectivity index (χ2v) is 3.32. The summed E-state index contributed by atoms with van der Waals surface area (Å²) in [6.45, 7) is 2.92. The fraction of sp³-hybridized carbons (Fsp3) is 0.500. The highest BCUT2D eigenvalue weighted by Crippen LogP contribution is 1.94. The van der Waals surface area contributed by atoms with Gasteiger partial charge in [0.05, 0.1) is 0 Å². The molecule has 0 spiro atoms. The fourth-order valence-electron chi connectivity index (χ4n) is 1.03. The third kappa shape index (κ3) is 3.59. The van der Waals surface area contributed by atoms with Crippen LogP contribution in [-0.4, -0.2) is 11.3 Å². The average Bonchev–Trinajstić information content (AvgIpc) is 2.15. The van der Waals surface area contributed by atoms with Gasteiger partial charge in [-0.15, -0.1) is 0 Å². The number of nitrogens with zero attached hydrogens (tertiary/aromatic N) is 1. The van der Waals surface area contributed by atoms with Crippen molar-refractivity contribution >= 4 is 12.2 Å². The molecule has 1 heterocycles.